The first-order chi connectivity index (χ1) is 17.7. The summed E-state index contributed by atoms with van der Waals surface area (Å²) in [6.45, 7) is 2.03. The minimum absolute atomic E-state index is 0.122. The molecular weight excluding hydrogens is 492 g/mol. The number of carbonyl (C=O) groups excluding carboxylic acids is 1. The van der Waals surface area contributed by atoms with Gasteiger partial charge in [0.1, 0.15) is 5.75 Å². The minimum atomic E-state index is -4.03. The first-order valence-electron chi connectivity index (χ1n) is 11.5. The van der Waals surface area contributed by atoms with Crippen LogP contribution in [0.4, 0.5) is 22.7 Å². The van der Waals surface area contributed by atoms with Crippen molar-refractivity contribution in [3.63, 3.8) is 0 Å². The van der Waals surface area contributed by atoms with Gasteiger partial charge in [-0.15, -0.1) is 0 Å². The summed E-state index contributed by atoms with van der Waals surface area (Å²) in [5, 5.41) is 13.0. The average Bonchev–Trinajstić information content (AvgIpc) is 2.86. The lowest BCUT2D eigenvalue weighted by Gasteiger charge is -2.11. The van der Waals surface area contributed by atoms with E-state index in [-0.39, 0.29) is 24.7 Å². The number of carbonyl (C=O) groups is 1. The predicted octanol–water partition coefficient (Wildman–Crippen LogP) is 6.05. The third-order valence-electron chi connectivity index (χ3n) is 5.53. The summed E-state index contributed by atoms with van der Waals surface area (Å²) in [6, 6.07) is 23.1. The number of nitrogens with two attached hydrogens (primary N) is 1. The highest BCUT2D eigenvalue weighted by Crippen LogP contribution is 2.29. The topological polar surface area (TPSA) is 143 Å². The Kier molecular flexibility index (Phi) is 7.80. The van der Waals surface area contributed by atoms with Gasteiger partial charge in [0.2, 0.25) is 0 Å². The molecule has 0 aliphatic rings. The molecule has 0 saturated heterocycles. The van der Waals surface area contributed by atoms with E-state index in [0.29, 0.717) is 34.1 Å². The molecule has 0 bridgehead atoms. The van der Waals surface area contributed by atoms with Crippen LogP contribution in [0.15, 0.2) is 89.1 Å². The Morgan fingerprint density at radius 1 is 1.00 bits per heavy atom. The molecule has 9 nitrogen and oxygen atoms in total. The van der Waals surface area contributed by atoms with Crippen molar-refractivity contribution < 1.29 is 22.5 Å². The highest BCUT2D eigenvalue weighted by molar-refractivity contribution is 7.85. The van der Waals surface area contributed by atoms with Crippen LogP contribution in [0.25, 0.3) is 10.8 Å². The number of ether oxygens (including phenoxy) is 1. The molecule has 0 spiro atoms. The number of benzene rings is 4. The molecule has 0 atom stereocenters. The van der Waals surface area contributed by atoms with Gasteiger partial charge in [-0.05, 0) is 85.0 Å². The molecule has 0 heterocycles. The van der Waals surface area contributed by atoms with E-state index in [4.69, 9.17) is 15.0 Å². The first kappa shape index (κ1) is 25.8. The largest absolute Gasteiger partial charge is 0.493 e. The van der Waals surface area contributed by atoms with Crippen LogP contribution in [-0.2, 0) is 10.1 Å². The summed E-state index contributed by atoms with van der Waals surface area (Å²) in [5.41, 5.74) is 9.70. The molecular formula is C27H26N4O5S. The number of aryl methyl sites for hydroxylation is 1. The van der Waals surface area contributed by atoms with Gasteiger partial charge in [-0.2, -0.15) is 18.6 Å². The van der Waals surface area contributed by atoms with Crippen molar-refractivity contribution in [2.45, 2.75) is 13.3 Å². The molecule has 0 fully saturated rings. The number of nitrogens with one attached hydrogen (secondary N) is 1. The maximum atomic E-state index is 12.8. The number of nitrogens with zero attached hydrogens (tertiary/aromatic N) is 2. The summed E-state index contributed by atoms with van der Waals surface area (Å²) < 4.78 is 36.4. The number of hydrogen-bond acceptors (Lipinski definition) is 7. The lowest BCUT2D eigenvalue weighted by Crippen LogP contribution is -2.11. The number of fused-ring (bicyclic) bond motifs is 1. The molecule has 0 aliphatic heterocycles. The molecule has 37 heavy (non-hydrogen) atoms. The number of nitrogen functional groups attached to an aromatic ring is 1. The van der Waals surface area contributed by atoms with E-state index in [0.717, 1.165) is 16.3 Å². The number of rotatable bonds is 9. The smallest absolute Gasteiger partial charge is 0.264 e. The number of amides is 1. The Bertz CT molecular complexity index is 1570. The van der Waals surface area contributed by atoms with Crippen LogP contribution < -0.4 is 15.8 Å². The van der Waals surface area contributed by atoms with E-state index in [9.17, 15) is 13.2 Å². The van der Waals surface area contributed by atoms with Gasteiger partial charge in [-0.25, -0.2) is 0 Å². The Labute approximate surface area is 214 Å². The van der Waals surface area contributed by atoms with Gasteiger partial charge >= 0.3 is 0 Å². The van der Waals surface area contributed by atoms with Crippen LogP contribution in [0.3, 0.4) is 0 Å². The maximum Gasteiger partial charge on any atom is 0.264 e. The second kappa shape index (κ2) is 11.2. The molecule has 1 amide bonds. The van der Waals surface area contributed by atoms with Gasteiger partial charge in [0, 0.05) is 22.3 Å². The summed E-state index contributed by atoms with van der Waals surface area (Å²) >= 11 is 0. The third-order valence-corrected chi connectivity index (χ3v) is 6.33. The molecule has 0 saturated carbocycles. The van der Waals surface area contributed by atoms with Crippen LogP contribution in [0.1, 0.15) is 22.3 Å². The SMILES string of the molecule is Cc1cc(N)ccc1N=Nc1ccc(C(=O)Nc2ccc3cccc(OCCCS(=O)(=O)O)c3c2)cc1. The lowest BCUT2D eigenvalue weighted by atomic mass is 10.1. The number of hydrogen-bond donors (Lipinski definition) is 3. The average molecular weight is 519 g/mol. The fourth-order valence-corrected chi connectivity index (χ4v) is 4.14. The van der Waals surface area contributed by atoms with Crippen LogP contribution in [0.5, 0.6) is 5.75 Å². The quantitative estimate of drug-likeness (QED) is 0.106. The van der Waals surface area contributed by atoms with Crippen molar-refractivity contribution in [3.8, 4) is 5.75 Å². The van der Waals surface area contributed by atoms with Crippen LogP contribution in [0, 0.1) is 6.92 Å². The van der Waals surface area contributed by atoms with E-state index in [1.165, 1.54) is 0 Å². The van der Waals surface area contributed by atoms with Crippen molar-refractivity contribution >= 4 is 49.5 Å². The molecule has 190 valence electrons. The van der Waals surface area contributed by atoms with E-state index >= 15 is 0 Å². The highest BCUT2D eigenvalue weighted by atomic mass is 32.2. The molecule has 0 radical (unpaired) electrons. The van der Waals surface area contributed by atoms with Gasteiger partial charge in [0.15, 0.2) is 0 Å². The second-order valence-corrected chi connectivity index (χ2v) is 10.00. The Hall–Kier alpha value is -4.28. The molecule has 0 unspecified atom stereocenters. The second-order valence-electron chi connectivity index (χ2n) is 8.43. The van der Waals surface area contributed by atoms with Gasteiger partial charge in [0.05, 0.1) is 23.7 Å². The zero-order valence-corrected chi connectivity index (χ0v) is 20.9. The van der Waals surface area contributed by atoms with Crippen molar-refractivity contribution in [1.82, 2.24) is 0 Å². The summed E-state index contributed by atoms with van der Waals surface area (Å²) in [6.07, 6.45) is 0.154. The van der Waals surface area contributed by atoms with Crippen molar-refractivity contribution in [2.75, 3.05) is 23.4 Å². The van der Waals surface area contributed by atoms with Gasteiger partial charge in [-0.1, -0.05) is 18.2 Å². The van der Waals surface area contributed by atoms with E-state index in [1.807, 2.05) is 31.2 Å². The highest BCUT2D eigenvalue weighted by Gasteiger charge is 2.10. The van der Waals surface area contributed by atoms with E-state index < -0.39 is 10.1 Å². The summed E-state index contributed by atoms with van der Waals surface area (Å²) in [4.78, 5) is 12.8. The van der Waals surface area contributed by atoms with Crippen LogP contribution in [0.2, 0.25) is 0 Å². The van der Waals surface area contributed by atoms with E-state index in [2.05, 4.69) is 15.5 Å². The van der Waals surface area contributed by atoms with Crippen LogP contribution in [-0.4, -0.2) is 31.2 Å². The lowest BCUT2D eigenvalue weighted by molar-refractivity contribution is 0.102. The molecule has 4 aromatic rings. The predicted molar refractivity (Wildman–Crippen MR) is 145 cm³/mol. The molecule has 4 aromatic carbocycles. The third kappa shape index (κ3) is 7.12. The van der Waals surface area contributed by atoms with Crippen molar-refractivity contribution in [1.29, 1.82) is 0 Å². The molecule has 0 aromatic heterocycles. The Morgan fingerprint density at radius 2 is 1.78 bits per heavy atom. The fraction of sp³-hybridized carbons (Fsp3) is 0.148. The monoisotopic (exact) mass is 518 g/mol. The normalized spacial score (nSPS) is 11.6. The van der Waals surface area contributed by atoms with E-state index in [1.54, 1.807) is 54.6 Å². The van der Waals surface area contributed by atoms with Crippen molar-refractivity contribution in [3.05, 3.63) is 90.0 Å². The zero-order valence-electron chi connectivity index (χ0n) is 20.1. The van der Waals surface area contributed by atoms with Gasteiger partial charge < -0.3 is 15.8 Å². The summed E-state index contributed by atoms with van der Waals surface area (Å²) in [7, 11) is -4.03. The molecule has 4 N–H and O–H groups in total. The summed E-state index contributed by atoms with van der Waals surface area (Å²) in [5.74, 6) is -0.112. The number of anilines is 2. The fourth-order valence-electron chi connectivity index (χ4n) is 3.66. The first-order valence-corrected chi connectivity index (χ1v) is 13.1. The molecule has 0 aliphatic carbocycles. The molecule has 10 heteroatoms. The molecule has 4 rings (SSSR count). The maximum absolute atomic E-state index is 12.8. The zero-order chi connectivity index (χ0) is 26.4. The Balaban J connectivity index is 1.43. The van der Waals surface area contributed by atoms with Crippen LogP contribution >= 0.6 is 0 Å². The van der Waals surface area contributed by atoms with Gasteiger partial charge in [-0.3, -0.25) is 9.35 Å². The van der Waals surface area contributed by atoms with Gasteiger partial charge in [0.25, 0.3) is 16.0 Å². The van der Waals surface area contributed by atoms with Crippen molar-refractivity contribution in [2.24, 2.45) is 10.2 Å². The minimum Gasteiger partial charge on any atom is -0.493 e. The Morgan fingerprint density at radius 3 is 2.51 bits per heavy atom. The number of azo groups is 1. The standard InChI is InChI=1S/C27H26N4O5S/c1-18-16-21(28)9-13-25(18)31-30-22-10-7-20(8-11-22)27(32)29-23-12-6-19-4-2-5-26(24(19)17-23)36-14-3-15-37(33,34)35/h2,4-13,16-17H,3,14-15,28H2,1H3,(H,29,32)(H,33,34,35).